The van der Waals surface area contributed by atoms with E-state index in [1.54, 1.807) is 0 Å². The molecule has 0 atom stereocenters. The Balaban J connectivity index is 1.67. The fraction of sp³-hybridized carbons (Fsp3) is 0.429. The third-order valence-electron chi connectivity index (χ3n) is 3.39. The van der Waals surface area contributed by atoms with Crippen LogP contribution in [0, 0.1) is 5.92 Å². The lowest BCUT2D eigenvalue weighted by molar-refractivity contribution is -0.118. The van der Waals surface area contributed by atoms with Crippen molar-refractivity contribution in [1.82, 2.24) is 0 Å². The van der Waals surface area contributed by atoms with Gasteiger partial charge in [-0.15, -0.1) is 0 Å². The normalized spacial score (nSPS) is 17.6. The Morgan fingerprint density at radius 3 is 3.12 bits per heavy atom. The largest absolute Gasteiger partial charge is 0.378 e. The van der Waals surface area contributed by atoms with Crippen LogP contribution in [0.3, 0.4) is 0 Å². The van der Waals surface area contributed by atoms with Gasteiger partial charge in [0.25, 0.3) is 0 Å². The molecule has 3 heteroatoms. The molecule has 3 nitrogen and oxygen atoms in total. The summed E-state index contributed by atoms with van der Waals surface area (Å²) >= 11 is 0. The molecule has 17 heavy (non-hydrogen) atoms. The minimum atomic E-state index is 0.335. The van der Waals surface area contributed by atoms with Crippen LogP contribution >= 0.6 is 0 Å². The molecule has 88 valence electrons. The number of aliphatic imine (C=N–C) groups is 1. The summed E-state index contributed by atoms with van der Waals surface area (Å²) in [6.45, 7) is 1.35. The number of benzene rings is 1. The molecule has 1 aromatic carbocycles. The van der Waals surface area contributed by atoms with Gasteiger partial charge in [-0.05, 0) is 42.5 Å². The van der Waals surface area contributed by atoms with E-state index in [2.05, 4.69) is 28.5 Å². The molecule has 0 saturated heterocycles. The van der Waals surface area contributed by atoms with Gasteiger partial charge in [0.1, 0.15) is 0 Å². The van der Waals surface area contributed by atoms with Crippen LogP contribution in [0.25, 0.3) is 0 Å². The zero-order chi connectivity index (χ0) is 11.7. The Labute approximate surface area is 101 Å². The summed E-state index contributed by atoms with van der Waals surface area (Å²) in [6.07, 6.45) is 5.11. The van der Waals surface area contributed by atoms with Gasteiger partial charge in [0.05, 0.1) is 6.54 Å². The van der Waals surface area contributed by atoms with Crippen molar-refractivity contribution in [1.29, 1.82) is 0 Å². The van der Waals surface area contributed by atoms with Crippen LogP contribution in [-0.4, -0.2) is 25.1 Å². The van der Waals surface area contributed by atoms with E-state index < -0.39 is 0 Å². The van der Waals surface area contributed by atoms with Gasteiger partial charge in [0, 0.05) is 24.4 Å². The Morgan fingerprint density at radius 2 is 2.29 bits per heavy atom. The van der Waals surface area contributed by atoms with Gasteiger partial charge >= 0.3 is 0 Å². The van der Waals surface area contributed by atoms with Crippen molar-refractivity contribution < 1.29 is 4.79 Å². The minimum absolute atomic E-state index is 0.335. The molecule has 0 unspecified atom stereocenters. The molecular formula is C14H16N2O. The Kier molecular flexibility index (Phi) is 2.67. The van der Waals surface area contributed by atoms with Crippen molar-refractivity contribution >= 4 is 17.7 Å². The van der Waals surface area contributed by atoms with Crippen LogP contribution < -0.4 is 5.32 Å². The highest BCUT2D eigenvalue weighted by Crippen LogP contribution is 2.29. The van der Waals surface area contributed by atoms with E-state index in [9.17, 15) is 4.79 Å². The maximum atomic E-state index is 11.6. The molecule has 0 aromatic heterocycles. The summed E-state index contributed by atoms with van der Waals surface area (Å²) in [5, 5.41) is 3.20. The Hall–Kier alpha value is -1.64. The summed E-state index contributed by atoms with van der Waals surface area (Å²) in [5.74, 6) is 0.679. The third-order valence-corrected chi connectivity index (χ3v) is 3.39. The molecule has 1 fully saturated rings. The number of hydrogen-bond donors (Lipinski definition) is 1. The van der Waals surface area contributed by atoms with Gasteiger partial charge in [-0.25, -0.2) is 0 Å². The van der Waals surface area contributed by atoms with Gasteiger partial charge in [-0.2, -0.15) is 0 Å². The van der Waals surface area contributed by atoms with Gasteiger partial charge in [-0.3, -0.25) is 9.79 Å². The average molecular weight is 228 g/mol. The molecule has 1 saturated carbocycles. The number of fused-ring (bicyclic) bond motifs is 1. The van der Waals surface area contributed by atoms with E-state index >= 15 is 0 Å². The van der Waals surface area contributed by atoms with E-state index in [4.69, 9.17) is 0 Å². The molecule has 1 N–H and O–H groups in total. The van der Waals surface area contributed by atoms with Crippen molar-refractivity contribution in [3.63, 3.8) is 0 Å². The number of nitrogens with zero attached hydrogens (tertiary/aromatic N) is 1. The average Bonchev–Trinajstić information content (AvgIpc) is 3.20. The second-order valence-corrected chi connectivity index (χ2v) is 4.79. The number of rotatable bonds is 4. The molecule has 1 aromatic rings. The van der Waals surface area contributed by atoms with Gasteiger partial charge in [0.15, 0.2) is 5.78 Å². The lowest BCUT2D eigenvalue weighted by Crippen LogP contribution is -2.15. The van der Waals surface area contributed by atoms with Crippen LogP contribution in [0.4, 0.5) is 5.69 Å². The number of anilines is 1. The summed E-state index contributed by atoms with van der Waals surface area (Å²) < 4.78 is 0. The van der Waals surface area contributed by atoms with Crippen molar-refractivity contribution in [2.24, 2.45) is 10.9 Å². The number of carbonyl (C=O) groups is 1. The first-order valence-corrected chi connectivity index (χ1v) is 6.22. The first kappa shape index (κ1) is 10.5. The number of hydrogen-bond acceptors (Lipinski definition) is 3. The number of nitrogens with one attached hydrogen (secondary N) is 1. The maximum absolute atomic E-state index is 11.6. The van der Waals surface area contributed by atoms with Crippen molar-refractivity contribution in [3.05, 3.63) is 29.3 Å². The predicted molar refractivity (Wildman–Crippen MR) is 68.8 cm³/mol. The quantitative estimate of drug-likeness (QED) is 0.857. The standard InChI is InChI=1S/C14H16N2O/c17-14(11-1-2-11)9-16-13-4-3-10-5-6-15-8-12(10)7-13/h3-4,7-8,11,16H,1-2,5-6,9H2. The molecule has 0 bridgehead atoms. The highest BCUT2D eigenvalue weighted by Gasteiger charge is 2.28. The Morgan fingerprint density at radius 1 is 1.41 bits per heavy atom. The molecule has 1 aliphatic heterocycles. The first-order valence-electron chi connectivity index (χ1n) is 6.22. The molecular weight excluding hydrogens is 212 g/mol. The summed E-state index contributed by atoms with van der Waals surface area (Å²) in [4.78, 5) is 15.9. The monoisotopic (exact) mass is 228 g/mol. The van der Waals surface area contributed by atoms with Crippen LogP contribution in [-0.2, 0) is 11.2 Å². The topological polar surface area (TPSA) is 41.5 Å². The molecule has 3 rings (SSSR count). The zero-order valence-corrected chi connectivity index (χ0v) is 9.78. The van der Waals surface area contributed by atoms with Crippen molar-refractivity contribution in [3.8, 4) is 0 Å². The fourth-order valence-corrected chi connectivity index (χ4v) is 2.14. The summed E-state index contributed by atoms with van der Waals surface area (Å²) in [5.41, 5.74) is 3.55. The maximum Gasteiger partial charge on any atom is 0.154 e. The van der Waals surface area contributed by atoms with E-state index in [0.717, 1.165) is 31.5 Å². The van der Waals surface area contributed by atoms with Crippen LogP contribution in [0.1, 0.15) is 24.0 Å². The number of Topliss-reactive ketones (excluding diaryl/α,β-unsaturated/α-hetero) is 1. The van der Waals surface area contributed by atoms with Crippen molar-refractivity contribution in [2.75, 3.05) is 18.4 Å². The number of ketones is 1. The lowest BCUT2D eigenvalue weighted by atomic mass is 10.0. The van der Waals surface area contributed by atoms with E-state index in [0.29, 0.717) is 18.2 Å². The molecule has 1 heterocycles. The number of carbonyl (C=O) groups excluding carboxylic acids is 1. The highest BCUT2D eigenvalue weighted by molar-refractivity contribution is 5.88. The smallest absolute Gasteiger partial charge is 0.154 e. The van der Waals surface area contributed by atoms with Gasteiger partial charge in [0.2, 0.25) is 0 Å². The van der Waals surface area contributed by atoms with Crippen LogP contribution in [0.5, 0.6) is 0 Å². The summed E-state index contributed by atoms with van der Waals surface area (Å²) in [7, 11) is 0. The minimum Gasteiger partial charge on any atom is -0.378 e. The van der Waals surface area contributed by atoms with Crippen molar-refractivity contribution in [2.45, 2.75) is 19.3 Å². The molecule has 2 aliphatic rings. The van der Waals surface area contributed by atoms with Crippen LogP contribution in [0.2, 0.25) is 0 Å². The molecule has 1 aliphatic carbocycles. The van der Waals surface area contributed by atoms with Gasteiger partial charge in [-0.1, -0.05) is 6.07 Å². The SMILES string of the molecule is O=C(CNc1ccc2c(c1)C=NCC2)C1CC1. The first-order chi connectivity index (χ1) is 8.33. The third kappa shape index (κ3) is 2.38. The molecule has 0 spiro atoms. The second-order valence-electron chi connectivity index (χ2n) is 4.79. The molecule has 0 amide bonds. The second kappa shape index (κ2) is 4.32. The Bertz CT molecular complexity index is 475. The highest BCUT2D eigenvalue weighted by atomic mass is 16.1. The van der Waals surface area contributed by atoms with E-state index in [1.807, 2.05) is 6.21 Å². The lowest BCUT2D eigenvalue weighted by Gasteiger charge is -2.12. The summed E-state index contributed by atoms with van der Waals surface area (Å²) in [6, 6.07) is 6.26. The van der Waals surface area contributed by atoms with Crippen LogP contribution in [0.15, 0.2) is 23.2 Å². The van der Waals surface area contributed by atoms with Gasteiger partial charge < -0.3 is 5.32 Å². The van der Waals surface area contributed by atoms with E-state index in [-0.39, 0.29) is 0 Å². The molecule has 0 radical (unpaired) electrons. The zero-order valence-electron chi connectivity index (χ0n) is 9.78. The fourth-order valence-electron chi connectivity index (χ4n) is 2.14. The van der Waals surface area contributed by atoms with E-state index in [1.165, 1.54) is 11.1 Å². The predicted octanol–water partition coefficient (Wildman–Crippen LogP) is 2.05.